The van der Waals surface area contributed by atoms with Gasteiger partial charge >= 0.3 is 0 Å². The highest BCUT2D eigenvalue weighted by Gasteiger charge is 2.43. The van der Waals surface area contributed by atoms with Gasteiger partial charge in [-0.05, 0) is 86.1 Å². The van der Waals surface area contributed by atoms with E-state index in [0.717, 1.165) is 65.4 Å². The van der Waals surface area contributed by atoms with Crippen molar-refractivity contribution in [2.24, 2.45) is 0 Å². The van der Waals surface area contributed by atoms with Gasteiger partial charge in [0.15, 0.2) is 11.6 Å². The first kappa shape index (κ1) is 21.3. The second kappa shape index (κ2) is 8.23. The average Bonchev–Trinajstić information content (AvgIpc) is 2.87. The molecule has 1 fully saturated rings. The first-order valence-electron chi connectivity index (χ1n) is 12.5. The molecule has 174 valence electrons. The maximum absolute atomic E-state index is 12.9. The van der Waals surface area contributed by atoms with Crippen LogP contribution in [0.5, 0.6) is 5.75 Å². The summed E-state index contributed by atoms with van der Waals surface area (Å²) in [6.45, 7) is 5.73. The molecule has 34 heavy (non-hydrogen) atoms. The Bertz CT molecular complexity index is 1260. The topological polar surface area (TPSA) is 55.3 Å². The normalized spacial score (nSPS) is 18.9. The minimum absolute atomic E-state index is 0.201. The highest BCUT2D eigenvalue weighted by molar-refractivity contribution is 6.01. The van der Waals surface area contributed by atoms with Crippen LogP contribution in [-0.2, 0) is 12.8 Å². The Morgan fingerprint density at radius 3 is 2.47 bits per heavy atom. The highest BCUT2D eigenvalue weighted by atomic mass is 16.5. The fraction of sp³-hybridized carbons (Fsp3) is 0.414. The van der Waals surface area contributed by atoms with Crippen LogP contribution in [0, 0.1) is 13.8 Å². The lowest BCUT2D eigenvalue weighted by Crippen LogP contribution is -2.51. The fourth-order valence-electron chi connectivity index (χ4n) is 5.74. The van der Waals surface area contributed by atoms with E-state index < -0.39 is 5.60 Å². The first-order valence-corrected chi connectivity index (χ1v) is 12.5. The smallest absolute Gasteiger partial charge is 0.170 e. The van der Waals surface area contributed by atoms with Gasteiger partial charge < -0.3 is 9.64 Å². The molecule has 0 radical (unpaired) electrons. The zero-order chi connectivity index (χ0) is 23.3. The summed E-state index contributed by atoms with van der Waals surface area (Å²) in [4.78, 5) is 15.2. The van der Waals surface area contributed by atoms with Crippen LogP contribution < -0.4 is 9.64 Å². The van der Waals surface area contributed by atoms with Gasteiger partial charge in [0.05, 0.1) is 17.7 Å². The van der Waals surface area contributed by atoms with E-state index in [1.54, 1.807) is 0 Å². The number of nitrogens with zero attached hydrogens (tertiary/aromatic N) is 3. The number of ether oxygens (including phenoxy) is 1. The Kier molecular flexibility index (Phi) is 5.16. The zero-order valence-corrected chi connectivity index (χ0v) is 20.1. The monoisotopic (exact) mass is 453 g/mol. The number of carbonyl (C=O) groups excluding carboxylic acids is 1. The molecule has 0 atom stereocenters. The summed E-state index contributed by atoms with van der Waals surface area (Å²) in [6, 6.07) is 14.8. The van der Waals surface area contributed by atoms with Crippen molar-refractivity contribution >= 4 is 11.6 Å². The number of fused-ring (bicyclic) bond motifs is 2. The summed E-state index contributed by atoms with van der Waals surface area (Å²) >= 11 is 0. The third-order valence-corrected chi connectivity index (χ3v) is 8.07. The van der Waals surface area contributed by atoms with Gasteiger partial charge in [0, 0.05) is 31.5 Å². The van der Waals surface area contributed by atoms with Gasteiger partial charge in [-0.2, -0.15) is 0 Å². The number of anilines is 1. The van der Waals surface area contributed by atoms with E-state index in [4.69, 9.17) is 4.74 Å². The molecule has 1 saturated heterocycles. The van der Waals surface area contributed by atoms with Gasteiger partial charge in [-0.1, -0.05) is 18.2 Å². The van der Waals surface area contributed by atoms with Crippen molar-refractivity contribution in [3.8, 4) is 17.0 Å². The fourth-order valence-corrected chi connectivity index (χ4v) is 5.74. The first-order chi connectivity index (χ1) is 16.5. The van der Waals surface area contributed by atoms with E-state index in [1.807, 2.05) is 12.1 Å². The molecule has 0 saturated carbocycles. The Morgan fingerprint density at radius 1 is 0.912 bits per heavy atom. The maximum Gasteiger partial charge on any atom is 0.170 e. The Balaban J connectivity index is 1.17. The van der Waals surface area contributed by atoms with Crippen molar-refractivity contribution in [2.45, 2.75) is 64.4 Å². The molecule has 2 aliphatic heterocycles. The highest BCUT2D eigenvalue weighted by Crippen LogP contribution is 2.42. The largest absolute Gasteiger partial charge is 0.486 e. The molecule has 3 aromatic rings. The lowest BCUT2D eigenvalue weighted by Gasteiger charge is -2.44. The van der Waals surface area contributed by atoms with Crippen LogP contribution in [-0.4, -0.2) is 34.7 Å². The van der Waals surface area contributed by atoms with Crippen LogP contribution in [0.2, 0.25) is 0 Å². The van der Waals surface area contributed by atoms with Crippen molar-refractivity contribution in [3.05, 3.63) is 70.3 Å². The predicted molar refractivity (Wildman–Crippen MR) is 134 cm³/mol. The number of ketones is 1. The van der Waals surface area contributed by atoms with Crippen LogP contribution >= 0.6 is 0 Å². The SMILES string of the molecule is Cc1ccc2c(c1C)OC1(CCN(c3ccc(-c4ccc5c(c4)CCCC5)nn3)CC1)CC2=O. The molecule has 0 bridgehead atoms. The zero-order valence-electron chi connectivity index (χ0n) is 20.1. The van der Waals surface area contributed by atoms with Gasteiger partial charge in [-0.3, -0.25) is 4.79 Å². The minimum atomic E-state index is -0.407. The molecule has 6 rings (SSSR count). The molecule has 5 nitrogen and oxygen atoms in total. The number of piperidine rings is 1. The number of carbonyl (C=O) groups is 1. The molecular weight excluding hydrogens is 422 g/mol. The van der Waals surface area contributed by atoms with Gasteiger partial charge in [0.1, 0.15) is 11.4 Å². The van der Waals surface area contributed by atoms with Crippen molar-refractivity contribution in [1.82, 2.24) is 10.2 Å². The molecule has 0 unspecified atom stereocenters. The molecule has 0 N–H and O–H groups in total. The lowest BCUT2D eigenvalue weighted by atomic mass is 9.81. The van der Waals surface area contributed by atoms with Crippen LogP contribution in [0.1, 0.15) is 64.7 Å². The summed E-state index contributed by atoms with van der Waals surface area (Å²) in [5, 5.41) is 9.13. The van der Waals surface area contributed by atoms with E-state index in [0.29, 0.717) is 6.42 Å². The quantitative estimate of drug-likeness (QED) is 0.502. The molecular formula is C29H31N3O2. The number of aryl methyl sites for hydroxylation is 3. The van der Waals surface area contributed by atoms with E-state index >= 15 is 0 Å². The minimum Gasteiger partial charge on any atom is -0.486 e. The van der Waals surface area contributed by atoms with E-state index in [1.165, 1.54) is 36.8 Å². The van der Waals surface area contributed by atoms with Crippen LogP contribution in [0.3, 0.4) is 0 Å². The summed E-state index contributed by atoms with van der Waals surface area (Å²) in [5.41, 5.74) is 7.59. The van der Waals surface area contributed by atoms with E-state index in [-0.39, 0.29) is 5.78 Å². The molecule has 5 heteroatoms. The third-order valence-electron chi connectivity index (χ3n) is 8.07. The molecule has 3 heterocycles. The van der Waals surface area contributed by atoms with Gasteiger partial charge in [-0.15, -0.1) is 10.2 Å². The second-order valence-corrected chi connectivity index (χ2v) is 10.2. The molecule has 1 aromatic heterocycles. The predicted octanol–water partition coefficient (Wildman–Crippen LogP) is 5.64. The number of hydrogen-bond acceptors (Lipinski definition) is 5. The third kappa shape index (κ3) is 3.67. The molecule has 0 amide bonds. The van der Waals surface area contributed by atoms with E-state index in [9.17, 15) is 4.79 Å². The number of Topliss-reactive ketones (excluding diaryl/α,β-unsaturated/α-hetero) is 1. The Morgan fingerprint density at radius 2 is 1.71 bits per heavy atom. The average molecular weight is 454 g/mol. The second-order valence-electron chi connectivity index (χ2n) is 10.2. The van der Waals surface area contributed by atoms with Crippen LogP contribution in [0.15, 0.2) is 42.5 Å². The van der Waals surface area contributed by atoms with E-state index in [2.05, 4.69) is 59.3 Å². The Labute approximate surface area is 201 Å². The number of aromatic nitrogens is 2. The molecule has 3 aliphatic rings. The van der Waals surface area contributed by atoms with Crippen molar-refractivity contribution in [1.29, 1.82) is 0 Å². The maximum atomic E-state index is 12.9. The van der Waals surface area contributed by atoms with Gasteiger partial charge in [-0.25, -0.2) is 0 Å². The summed E-state index contributed by atoms with van der Waals surface area (Å²) in [6.07, 6.45) is 6.99. The van der Waals surface area contributed by atoms with Crippen molar-refractivity contribution < 1.29 is 9.53 Å². The standard InChI is InChI=1S/C29H31N3O2/c1-19-7-10-24-26(33)18-29(34-28(24)20(19)2)13-15-32(16-14-29)27-12-11-25(30-31-27)23-9-8-21-5-3-4-6-22(21)17-23/h7-12,17H,3-6,13-16,18H2,1-2H3. The summed E-state index contributed by atoms with van der Waals surface area (Å²) < 4.78 is 6.57. The summed E-state index contributed by atoms with van der Waals surface area (Å²) in [5.74, 6) is 1.89. The van der Waals surface area contributed by atoms with Crippen LogP contribution in [0.25, 0.3) is 11.3 Å². The molecule has 2 aromatic carbocycles. The number of benzene rings is 2. The van der Waals surface area contributed by atoms with Crippen molar-refractivity contribution in [2.75, 3.05) is 18.0 Å². The van der Waals surface area contributed by atoms with Gasteiger partial charge in [0.2, 0.25) is 0 Å². The van der Waals surface area contributed by atoms with Crippen molar-refractivity contribution in [3.63, 3.8) is 0 Å². The van der Waals surface area contributed by atoms with Crippen LogP contribution in [0.4, 0.5) is 5.82 Å². The summed E-state index contributed by atoms with van der Waals surface area (Å²) in [7, 11) is 0. The Hall–Kier alpha value is -3.21. The molecule has 1 aliphatic carbocycles. The lowest BCUT2D eigenvalue weighted by molar-refractivity contribution is 0.0224. The molecule has 1 spiro atoms. The number of hydrogen-bond donors (Lipinski definition) is 0. The van der Waals surface area contributed by atoms with Gasteiger partial charge in [0.25, 0.3) is 0 Å². The number of rotatable bonds is 2.